The van der Waals surface area contributed by atoms with Crippen LogP contribution in [-0.4, -0.2) is 43.8 Å². The normalized spacial score (nSPS) is 12.4. The minimum Gasteiger partial charge on any atom is -0.450 e. The molecule has 16 heavy (non-hydrogen) atoms. The lowest BCUT2D eigenvalue weighted by molar-refractivity contribution is -0.00140. The van der Waals surface area contributed by atoms with E-state index in [1.54, 1.807) is 0 Å². The number of hydrogen-bond donors (Lipinski definition) is 1. The molecule has 0 amide bonds. The summed E-state index contributed by atoms with van der Waals surface area (Å²) < 4.78 is 15.1. The van der Waals surface area contributed by atoms with E-state index in [9.17, 15) is 4.79 Å². The Morgan fingerprint density at radius 3 is 2.62 bits per heavy atom. The third-order valence-electron chi connectivity index (χ3n) is 2.02. The minimum atomic E-state index is -1.24. The van der Waals surface area contributed by atoms with E-state index < -0.39 is 6.16 Å². The summed E-state index contributed by atoms with van der Waals surface area (Å²) >= 11 is 0. The molecule has 1 unspecified atom stereocenters. The molecule has 0 fully saturated rings. The van der Waals surface area contributed by atoms with Crippen LogP contribution >= 0.6 is 0 Å². The Bertz CT molecular complexity index is 172. The molecule has 0 heterocycles. The van der Waals surface area contributed by atoms with Gasteiger partial charge >= 0.3 is 6.16 Å². The Morgan fingerprint density at radius 2 is 2.00 bits per heavy atom. The smallest absolute Gasteiger partial charge is 0.450 e. The van der Waals surface area contributed by atoms with Crippen molar-refractivity contribution in [3.05, 3.63) is 0 Å². The van der Waals surface area contributed by atoms with Crippen molar-refractivity contribution in [3.63, 3.8) is 0 Å². The fourth-order valence-corrected chi connectivity index (χ4v) is 1.05. The van der Waals surface area contributed by atoms with Gasteiger partial charge in [0.25, 0.3) is 0 Å². The first-order valence-electron chi connectivity index (χ1n) is 5.71. The molecule has 0 aliphatic carbocycles. The van der Waals surface area contributed by atoms with Gasteiger partial charge in [0, 0.05) is 13.0 Å². The molecular formula is C11H22O5. The predicted octanol–water partition coefficient (Wildman–Crippen LogP) is 2.29. The van der Waals surface area contributed by atoms with Gasteiger partial charge in [0.05, 0.1) is 25.9 Å². The molecule has 0 rings (SSSR count). The lowest BCUT2D eigenvalue weighted by Gasteiger charge is -2.12. The van der Waals surface area contributed by atoms with Crippen molar-refractivity contribution in [2.45, 2.75) is 39.2 Å². The van der Waals surface area contributed by atoms with Crippen molar-refractivity contribution in [2.75, 3.05) is 26.4 Å². The van der Waals surface area contributed by atoms with Crippen LogP contribution < -0.4 is 0 Å². The number of rotatable bonds is 10. The van der Waals surface area contributed by atoms with Crippen LogP contribution in [0.2, 0.25) is 0 Å². The van der Waals surface area contributed by atoms with E-state index in [-0.39, 0.29) is 12.7 Å². The van der Waals surface area contributed by atoms with Gasteiger partial charge < -0.3 is 19.3 Å². The van der Waals surface area contributed by atoms with Gasteiger partial charge in [-0.15, -0.1) is 0 Å². The molecule has 1 N–H and O–H groups in total. The van der Waals surface area contributed by atoms with Crippen LogP contribution in [0.3, 0.4) is 0 Å². The first-order chi connectivity index (χ1) is 7.66. The molecule has 0 spiro atoms. The second kappa shape index (κ2) is 10.7. The number of unbranched alkanes of at least 4 members (excludes halogenated alkanes) is 1. The van der Waals surface area contributed by atoms with E-state index >= 15 is 0 Å². The van der Waals surface area contributed by atoms with Crippen molar-refractivity contribution in [1.82, 2.24) is 0 Å². The maximum absolute atomic E-state index is 10.1. The Hall–Kier alpha value is -0.810. The van der Waals surface area contributed by atoms with Crippen LogP contribution in [-0.2, 0) is 14.2 Å². The van der Waals surface area contributed by atoms with Gasteiger partial charge in [0.15, 0.2) is 0 Å². The first kappa shape index (κ1) is 15.2. The monoisotopic (exact) mass is 234 g/mol. The van der Waals surface area contributed by atoms with E-state index in [1.807, 2.05) is 6.92 Å². The highest BCUT2D eigenvalue weighted by atomic mass is 16.7. The van der Waals surface area contributed by atoms with E-state index in [4.69, 9.17) is 14.6 Å². The SMILES string of the molecule is CCCCOCCOC(C)CCOC(=O)O. The number of ether oxygens (including phenoxy) is 3. The van der Waals surface area contributed by atoms with Crippen molar-refractivity contribution in [3.8, 4) is 0 Å². The molecule has 5 heteroatoms. The highest BCUT2D eigenvalue weighted by Crippen LogP contribution is 1.98. The minimum absolute atomic E-state index is 0.00544. The third kappa shape index (κ3) is 11.3. The molecule has 0 aliphatic heterocycles. The molecule has 0 saturated heterocycles. The zero-order chi connectivity index (χ0) is 12.2. The van der Waals surface area contributed by atoms with Crippen molar-refractivity contribution in [1.29, 1.82) is 0 Å². The molecule has 0 aromatic carbocycles. The van der Waals surface area contributed by atoms with Gasteiger partial charge in [0.1, 0.15) is 0 Å². The average molecular weight is 234 g/mol. The Balaban J connectivity index is 3.17. The topological polar surface area (TPSA) is 65.0 Å². The summed E-state index contributed by atoms with van der Waals surface area (Å²) in [5.74, 6) is 0. The summed E-state index contributed by atoms with van der Waals surface area (Å²) in [4.78, 5) is 10.1. The largest absolute Gasteiger partial charge is 0.505 e. The second-order valence-corrected chi connectivity index (χ2v) is 3.55. The molecular weight excluding hydrogens is 212 g/mol. The predicted molar refractivity (Wildman–Crippen MR) is 59.7 cm³/mol. The fraction of sp³-hybridized carbons (Fsp3) is 0.909. The third-order valence-corrected chi connectivity index (χ3v) is 2.02. The average Bonchev–Trinajstić information content (AvgIpc) is 2.22. The van der Waals surface area contributed by atoms with Crippen LogP contribution in [0.5, 0.6) is 0 Å². The van der Waals surface area contributed by atoms with Gasteiger partial charge in [-0.1, -0.05) is 13.3 Å². The molecule has 0 bridgehead atoms. The van der Waals surface area contributed by atoms with E-state index in [0.29, 0.717) is 19.6 Å². The molecule has 0 radical (unpaired) electrons. The first-order valence-corrected chi connectivity index (χ1v) is 5.71. The zero-order valence-corrected chi connectivity index (χ0v) is 10.1. The van der Waals surface area contributed by atoms with E-state index in [2.05, 4.69) is 11.7 Å². The molecule has 0 saturated carbocycles. The summed E-state index contributed by atoms with van der Waals surface area (Å²) in [6, 6.07) is 0. The van der Waals surface area contributed by atoms with Gasteiger partial charge in [-0.25, -0.2) is 4.79 Å². The molecule has 5 nitrogen and oxygen atoms in total. The summed E-state index contributed by atoms with van der Waals surface area (Å²) in [5.41, 5.74) is 0. The highest BCUT2D eigenvalue weighted by molar-refractivity contribution is 5.56. The number of carbonyl (C=O) groups is 1. The zero-order valence-electron chi connectivity index (χ0n) is 10.1. The van der Waals surface area contributed by atoms with Gasteiger partial charge in [-0.3, -0.25) is 0 Å². The quantitative estimate of drug-likeness (QED) is 0.464. The lowest BCUT2D eigenvalue weighted by atomic mass is 10.3. The van der Waals surface area contributed by atoms with Gasteiger partial charge in [0.2, 0.25) is 0 Å². The van der Waals surface area contributed by atoms with Crippen LogP contribution in [0.4, 0.5) is 4.79 Å². The Kier molecular flexibility index (Phi) is 10.2. The number of hydrogen-bond acceptors (Lipinski definition) is 4. The second-order valence-electron chi connectivity index (χ2n) is 3.55. The fourth-order valence-electron chi connectivity index (χ4n) is 1.05. The molecule has 1 atom stereocenters. The molecule has 0 aromatic heterocycles. The Morgan fingerprint density at radius 1 is 1.25 bits per heavy atom. The molecule has 0 aromatic rings. The molecule has 96 valence electrons. The van der Waals surface area contributed by atoms with Gasteiger partial charge in [-0.05, 0) is 13.3 Å². The molecule has 0 aliphatic rings. The standard InChI is InChI=1S/C11H22O5/c1-3-4-6-14-8-9-15-10(2)5-7-16-11(12)13/h10H,3-9H2,1-2H3,(H,12,13). The van der Waals surface area contributed by atoms with Crippen molar-refractivity contribution in [2.24, 2.45) is 0 Å². The van der Waals surface area contributed by atoms with E-state index in [0.717, 1.165) is 19.4 Å². The lowest BCUT2D eigenvalue weighted by Crippen LogP contribution is -2.16. The maximum Gasteiger partial charge on any atom is 0.505 e. The van der Waals surface area contributed by atoms with Crippen LogP contribution in [0.15, 0.2) is 0 Å². The van der Waals surface area contributed by atoms with Crippen molar-refractivity contribution < 1.29 is 24.1 Å². The summed E-state index contributed by atoms with van der Waals surface area (Å²) in [6.45, 7) is 6.08. The van der Waals surface area contributed by atoms with Crippen LogP contribution in [0, 0.1) is 0 Å². The number of carboxylic acid groups (broad SMARTS) is 1. The maximum atomic E-state index is 10.1. The van der Waals surface area contributed by atoms with Crippen LogP contribution in [0.1, 0.15) is 33.1 Å². The Labute approximate surface area is 96.7 Å². The summed E-state index contributed by atoms with van der Waals surface area (Å²) in [5, 5.41) is 8.24. The highest BCUT2D eigenvalue weighted by Gasteiger charge is 2.04. The summed E-state index contributed by atoms with van der Waals surface area (Å²) in [6.07, 6.45) is 1.52. The van der Waals surface area contributed by atoms with Gasteiger partial charge in [-0.2, -0.15) is 0 Å². The van der Waals surface area contributed by atoms with Crippen molar-refractivity contribution >= 4 is 6.16 Å². The van der Waals surface area contributed by atoms with E-state index in [1.165, 1.54) is 0 Å². The summed E-state index contributed by atoms with van der Waals surface area (Å²) in [7, 11) is 0. The van der Waals surface area contributed by atoms with Crippen LogP contribution in [0.25, 0.3) is 0 Å².